The molecule has 0 saturated heterocycles. The second-order valence-electron chi connectivity index (χ2n) is 6.33. The fraction of sp³-hybridized carbons (Fsp3) is 0.0476. The summed E-state index contributed by atoms with van der Waals surface area (Å²) in [5.74, 6) is -1.48. The van der Waals surface area contributed by atoms with Gasteiger partial charge in [0, 0.05) is 28.4 Å². The minimum atomic E-state index is -0.554. The lowest BCUT2D eigenvalue weighted by Crippen LogP contribution is -2.15. The number of carbonyl (C=O) groups is 2. The fourth-order valence-corrected chi connectivity index (χ4v) is 3.56. The Balaban J connectivity index is 2.05. The number of aromatic nitrogens is 1. The average Bonchev–Trinajstić information content (AvgIpc) is 2.95. The number of halogens is 1. The number of nitrogens with zero attached hydrogens (tertiary/aromatic N) is 1. The number of amides is 2. The molecule has 3 aromatic carbocycles. The molecule has 1 heterocycles. The van der Waals surface area contributed by atoms with E-state index in [1.165, 1.54) is 12.1 Å². The minimum absolute atomic E-state index is 0.296. The monoisotopic (exact) mass is 361 g/mol. The van der Waals surface area contributed by atoms with Crippen molar-refractivity contribution in [1.29, 1.82) is 0 Å². The normalized spacial score (nSPS) is 11.1. The van der Waals surface area contributed by atoms with Gasteiger partial charge in [-0.3, -0.25) is 9.59 Å². The Morgan fingerprint density at radius 1 is 0.852 bits per heavy atom. The zero-order valence-corrected chi connectivity index (χ0v) is 14.3. The maximum absolute atomic E-state index is 14.0. The molecule has 4 rings (SSSR count). The van der Waals surface area contributed by atoms with Gasteiger partial charge in [-0.1, -0.05) is 24.3 Å². The summed E-state index contributed by atoms with van der Waals surface area (Å²) in [5, 5.41) is 1.38. The van der Waals surface area contributed by atoms with Crippen molar-refractivity contribution >= 4 is 33.6 Å². The maximum Gasteiger partial charge on any atom is 0.249 e. The van der Waals surface area contributed by atoms with Crippen LogP contribution in [0.15, 0.2) is 60.7 Å². The highest BCUT2D eigenvalue weighted by Gasteiger charge is 2.18. The molecular weight excluding hydrogens is 345 g/mol. The van der Waals surface area contributed by atoms with Crippen molar-refractivity contribution in [3.8, 4) is 0 Å². The van der Waals surface area contributed by atoms with Gasteiger partial charge in [0.05, 0.1) is 11.0 Å². The number of rotatable bonds is 4. The molecule has 2 amide bonds. The van der Waals surface area contributed by atoms with Gasteiger partial charge >= 0.3 is 0 Å². The van der Waals surface area contributed by atoms with Gasteiger partial charge in [-0.15, -0.1) is 0 Å². The third kappa shape index (κ3) is 2.71. The van der Waals surface area contributed by atoms with Crippen molar-refractivity contribution in [3.05, 3.63) is 83.2 Å². The van der Waals surface area contributed by atoms with Gasteiger partial charge in [-0.2, -0.15) is 0 Å². The summed E-state index contributed by atoms with van der Waals surface area (Å²) >= 11 is 0. The molecule has 0 radical (unpaired) electrons. The number of nitrogens with two attached hydrogens (primary N) is 2. The van der Waals surface area contributed by atoms with Crippen molar-refractivity contribution in [2.45, 2.75) is 6.54 Å². The molecule has 0 saturated carbocycles. The minimum Gasteiger partial charge on any atom is -0.366 e. The van der Waals surface area contributed by atoms with Crippen molar-refractivity contribution < 1.29 is 14.0 Å². The maximum atomic E-state index is 14.0. The van der Waals surface area contributed by atoms with Crippen molar-refractivity contribution in [1.82, 2.24) is 4.57 Å². The second kappa shape index (κ2) is 6.25. The van der Waals surface area contributed by atoms with Crippen molar-refractivity contribution in [3.63, 3.8) is 0 Å². The van der Waals surface area contributed by atoms with Gasteiger partial charge < -0.3 is 16.0 Å². The first kappa shape index (κ1) is 16.8. The highest BCUT2D eigenvalue weighted by atomic mass is 19.1. The quantitative estimate of drug-likeness (QED) is 0.584. The van der Waals surface area contributed by atoms with E-state index >= 15 is 0 Å². The van der Waals surface area contributed by atoms with E-state index in [0.717, 1.165) is 10.9 Å². The average molecular weight is 361 g/mol. The molecule has 4 aromatic rings. The largest absolute Gasteiger partial charge is 0.366 e. The summed E-state index contributed by atoms with van der Waals surface area (Å²) in [6.45, 7) is 0.296. The van der Waals surface area contributed by atoms with Crippen LogP contribution in [0.5, 0.6) is 0 Å². The highest BCUT2D eigenvalue weighted by molar-refractivity contribution is 6.17. The Kier molecular flexibility index (Phi) is 3.88. The second-order valence-corrected chi connectivity index (χ2v) is 6.33. The van der Waals surface area contributed by atoms with Gasteiger partial charge in [-0.25, -0.2) is 4.39 Å². The van der Waals surface area contributed by atoms with Crippen LogP contribution in [0.1, 0.15) is 26.3 Å². The lowest BCUT2D eigenvalue weighted by atomic mass is 10.1. The number of fused-ring (bicyclic) bond motifs is 3. The first-order valence-electron chi connectivity index (χ1n) is 8.35. The van der Waals surface area contributed by atoms with E-state index in [1.54, 1.807) is 36.4 Å². The van der Waals surface area contributed by atoms with E-state index in [9.17, 15) is 14.0 Å². The van der Waals surface area contributed by atoms with Crippen LogP contribution in [0.25, 0.3) is 21.8 Å². The van der Waals surface area contributed by atoms with Gasteiger partial charge in [0.15, 0.2) is 0 Å². The Morgan fingerprint density at radius 3 is 2.30 bits per heavy atom. The number of carbonyl (C=O) groups excluding carboxylic acids is 2. The SMILES string of the molecule is NC(=O)c1ccccc1Cn1c2cc(F)ccc2c2c(C(N)=O)cccc21. The van der Waals surface area contributed by atoms with Crippen LogP contribution in [0.3, 0.4) is 0 Å². The molecule has 134 valence electrons. The Morgan fingerprint density at radius 2 is 1.56 bits per heavy atom. The van der Waals surface area contributed by atoms with E-state index in [1.807, 2.05) is 16.7 Å². The fourth-order valence-electron chi connectivity index (χ4n) is 3.56. The molecule has 0 unspecified atom stereocenters. The molecule has 27 heavy (non-hydrogen) atoms. The van der Waals surface area contributed by atoms with Gasteiger partial charge in [0.25, 0.3) is 0 Å². The molecule has 0 atom stereocenters. The third-order valence-corrected chi connectivity index (χ3v) is 4.73. The molecule has 0 fully saturated rings. The molecule has 0 aliphatic carbocycles. The van der Waals surface area contributed by atoms with Crippen molar-refractivity contribution in [2.24, 2.45) is 11.5 Å². The van der Waals surface area contributed by atoms with Gasteiger partial charge in [-0.05, 0) is 42.0 Å². The van der Waals surface area contributed by atoms with Crippen LogP contribution in [0, 0.1) is 5.82 Å². The summed E-state index contributed by atoms with van der Waals surface area (Å²) in [7, 11) is 0. The number of hydrogen-bond donors (Lipinski definition) is 2. The molecule has 5 nitrogen and oxygen atoms in total. The Bertz CT molecular complexity index is 1230. The standard InChI is InChI=1S/C21H16FN3O2/c22-13-8-9-15-18(10-13)25(11-12-4-1-2-5-14(12)20(23)26)17-7-3-6-16(19(15)17)21(24)27/h1-10H,11H2,(H2,23,26)(H2,24,27). The molecule has 0 aliphatic heterocycles. The van der Waals surface area contributed by atoms with E-state index < -0.39 is 17.6 Å². The zero-order valence-electron chi connectivity index (χ0n) is 14.3. The van der Waals surface area contributed by atoms with Crippen LogP contribution in [-0.4, -0.2) is 16.4 Å². The third-order valence-electron chi connectivity index (χ3n) is 4.73. The number of hydrogen-bond acceptors (Lipinski definition) is 2. The van der Waals surface area contributed by atoms with Gasteiger partial charge in [0.1, 0.15) is 5.82 Å². The van der Waals surface area contributed by atoms with Crippen LogP contribution in [-0.2, 0) is 6.54 Å². The van der Waals surface area contributed by atoms with E-state index in [0.29, 0.717) is 34.1 Å². The lowest BCUT2D eigenvalue weighted by Gasteiger charge is -2.11. The predicted octanol–water partition coefficient (Wildman–Crippen LogP) is 3.18. The smallest absolute Gasteiger partial charge is 0.249 e. The van der Waals surface area contributed by atoms with Crippen LogP contribution >= 0.6 is 0 Å². The first-order chi connectivity index (χ1) is 13.0. The summed E-state index contributed by atoms with van der Waals surface area (Å²) in [6, 6.07) is 16.6. The number of benzene rings is 3. The molecule has 4 N–H and O–H groups in total. The summed E-state index contributed by atoms with van der Waals surface area (Å²) in [4.78, 5) is 23.7. The molecule has 6 heteroatoms. The van der Waals surface area contributed by atoms with Crippen LogP contribution in [0.4, 0.5) is 4.39 Å². The molecule has 0 aliphatic rings. The molecule has 0 spiro atoms. The van der Waals surface area contributed by atoms with Crippen molar-refractivity contribution in [2.75, 3.05) is 0 Å². The Labute approximate surface area is 154 Å². The zero-order chi connectivity index (χ0) is 19.1. The summed E-state index contributed by atoms with van der Waals surface area (Å²) in [6.07, 6.45) is 0. The summed E-state index contributed by atoms with van der Waals surface area (Å²) < 4.78 is 15.8. The van der Waals surface area contributed by atoms with Crippen LogP contribution in [0.2, 0.25) is 0 Å². The van der Waals surface area contributed by atoms with E-state index in [4.69, 9.17) is 11.5 Å². The van der Waals surface area contributed by atoms with Gasteiger partial charge in [0.2, 0.25) is 11.8 Å². The first-order valence-corrected chi connectivity index (χ1v) is 8.35. The molecule has 1 aromatic heterocycles. The highest BCUT2D eigenvalue weighted by Crippen LogP contribution is 2.33. The molecular formula is C21H16FN3O2. The van der Waals surface area contributed by atoms with Crippen LogP contribution < -0.4 is 11.5 Å². The van der Waals surface area contributed by atoms with E-state index in [2.05, 4.69) is 0 Å². The lowest BCUT2D eigenvalue weighted by molar-refractivity contribution is 0.0992. The Hall–Kier alpha value is -3.67. The number of primary amides is 2. The molecule has 0 bridgehead atoms. The predicted molar refractivity (Wildman–Crippen MR) is 102 cm³/mol. The summed E-state index contributed by atoms with van der Waals surface area (Å²) in [5.41, 5.74) is 13.8. The van der Waals surface area contributed by atoms with E-state index in [-0.39, 0.29) is 0 Å². The topological polar surface area (TPSA) is 91.1 Å².